The van der Waals surface area contributed by atoms with E-state index in [1.54, 1.807) is 0 Å². The molecule has 3 heteroatoms. The lowest BCUT2D eigenvalue weighted by Gasteiger charge is -2.25. The Labute approximate surface area is 97.3 Å². The van der Waals surface area contributed by atoms with Crippen molar-refractivity contribution in [2.24, 2.45) is 0 Å². The molecule has 1 N–H and O–H groups in total. The van der Waals surface area contributed by atoms with Crippen molar-refractivity contribution in [2.45, 2.75) is 32.4 Å². The fourth-order valence-electron chi connectivity index (χ4n) is 1.64. The minimum Gasteiger partial charge on any atom is -0.308 e. The first-order chi connectivity index (χ1) is 7.15. The Balaban J connectivity index is 2.36. The third-order valence-corrected chi connectivity index (χ3v) is 3.89. The molecule has 86 valence electrons. The molecule has 15 heavy (non-hydrogen) atoms. The monoisotopic (exact) mass is 226 g/mol. The molecule has 2 nitrogen and oxygen atoms in total. The van der Waals surface area contributed by atoms with Crippen LogP contribution in [-0.2, 0) is 0 Å². The predicted octanol–water partition coefficient (Wildman–Crippen LogP) is 2.74. The van der Waals surface area contributed by atoms with Crippen molar-refractivity contribution >= 4 is 11.3 Å². The van der Waals surface area contributed by atoms with Crippen LogP contribution in [0, 0.1) is 0 Å². The number of thiophene rings is 1. The van der Waals surface area contributed by atoms with E-state index in [1.807, 2.05) is 11.3 Å². The largest absolute Gasteiger partial charge is 0.308 e. The van der Waals surface area contributed by atoms with E-state index in [4.69, 9.17) is 0 Å². The van der Waals surface area contributed by atoms with Gasteiger partial charge in [0.25, 0.3) is 0 Å². The summed E-state index contributed by atoms with van der Waals surface area (Å²) in [6.07, 6.45) is 1.19. The SMILES string of the molecule is CCC(CNC(C)c1cccs1)N(C)C. The Morgan fingerprint density at radius 1 is 1.47 bits per heavy atom. The van der Waals surface area contributed by atoms with Crippen LogP contribution >= 0.6 is 11.3 Å². The zero-order chi connectivity index (χ0) is 11.3. The predicted molar refractivity (Wildman–Crippen MR) is 68.5 cm³/mol. The van der Waals surface area contributed by atoms with Gasteiger partial charge in [0.15, 0.2) is 0 Å². The summed E-state index contributed by atoms with van der Waals surface area (Å²) in [5.74, 6) is 0. The molecule has 0 aromatic carbocycles. The Morgan fingerprint density at radius 3 is 2.67 bits per heavy atom. The van der Waals surface area contributed by atoms with Gasteiger partial charge in [0.2, 0.25) is 0 Å². The van der Waals surface area contributed by atoms with Crippen molar-refractivity contribution in [2.75, 3.05) is 20.6 Å². The molecule has 1 aromatic rings. The van der Waals surface area contributed by atoms with Crippen LogP contribution < -0.4 is 5.32 Å². The molecule has 0 aliphatic rings. The Bertz CT molecular complexity index is 257. The van der Waals surface area contributed by atoms with Crippen LogP contribution in [0.15, 0.2) is 17.5 Å². The number of nitrogens with zero attached hydrogens (tertiary/aromatic N) is 1. The second-order valence-electron chi connectivity index (χ2n) is 4.17. The molecular formula is C12H22N2S. The normalized spacial score (nSPS) is 15.5. The highest BCUT2D eigenvalue weighted by Crippen LogP contribution is 2.18. The summed E-state index contributed by atoms with van der Waals surface area (Å²) < 4.78 is 0. The molecule has 0 bridgehead atoms. The molecule has 0 spiro atoms. The van der Waals surface area contributed by atoms with Crippen molar-refractivity contribution < 1.29 is 0 Å². The summed E-state index contributed by atoms with van der Waals surface area (Å²) in [4.78, 5) is 3.71. The Hall–Kier alpha value is -0.380. The van der Waals surface area contributed by atoms with E-state index in [-0.39, 0.29) is 0 Å². The molecule has 0 aliphatic carbocycles. The van der Waals surface area contributed by atoms with Gasteiger partial charge in [0.05, 0.1) is 0 Å². The van der Waals surface area contributed by atoms with Crippen LogP contribution in [0.2, 0.25) is 0 Å². The number of nitrogens with one attached hydrogen (secondary N) is 1. The molecule has 0 aliphatic heterocycles. The van der Waals surface area contributed by atoms with Crippen LogP contribution in [0.5, 0.6) is 0 Å². The number of hydrogen-bond acceptors (Lipinski definition) is 3. The molecule has 0 radical (unpaired) electrons. The highest BCUT2D eigenvalue weighted by atomic mass is 32.1. The topological polar surface area (TPSA) is 15.3 Å². The Kier molecular flexibility index (Phi) is 5.29. The second-order valence-corrected chi connectivity index (χ2v) is 5.15. The molecule has 2 atom stereocenters. The van der Waals surface area contributed by atoms with Gasteiger partial charge in [-0.15, -0.1) is 11.3 Å². The van der Waals surface area contributed by atoms with E-state index in [0.29, 0.717) is 12.1 Å². The van der Waals surface area contributed by atoms with Gasteiger partial charge in [-0.25, -0.2) is 0 Å². The van der Waals surface area contributed by atoms with E-state index in [9.17, 15) is 0 Å². The maximum atomic E-state index is 3.59. The fourth-order valence-corrected chi connectivity index (χ4v) is 2.40. The average molecular weight is 226 g/mol. The van der Waals surface area contributed by atoms with Crippen molar-refractivity contribution in [3.63, 3.8) is 0 Å². The summed E-state index contributed by atoms with van der Waals surface area (Å²) in [6.45, 7) is 5.53. The maximum absolute atomic E-state index is 3.59. The summed E-state index contributed by atoms with van der Waals surface area (Å²) in [7, 11) is 4.29. The first kappa shape index (κ1) is 12.7. The third-order valence-electron chi connectivity index (χ3n) is 2.83. The first-order valence-electron chi connectivity index (χ1n) is 5.58. The van der Waals surface area contributed by atoms with Crippen LogP contribution in [-0.4, -0.2) is 31.6 Å². The van der Waals surface area contributed by atoms with E-state index in [0.717, 1.165) is 6.54 Å². The van der Waals surface area contributed by atoms with Crippen LogP contribution in [0.1, 0.15) is 31.2 Å². The van der Waals surface area contributed by atoms with E-state index < -0.39 is 0 Å². The lowest BCUT2D eigenvalue weighted by atomic mass is 10.2. The van der Waals surface area contributed by atoms with Gasteiger partial charge in [-0.3, -0.25) is 0 Å². The lowest BCUT2D eigenvalue weighted by Crippen LogP contribution is -2.38. The third kappa shape index (κ3) is 3.93. The molecule has 0 saturated heterocycles. The zero-order valence-corrected chi connectivity index (χ0v) is 11.0. The van der Waals surface area contributed by atoms with Crippen LogP contribution in [0.25, 0.3) is 0 Å². The molecule has 0 saturated carbocycles. The highest BCUT2D eigenvalue weighted by molar-refractivity contribution is 7.10. The minimum absolute atomic E-state index is 0.471. The standard InChI is InChI=1S/C12H22N2S/c1-5-11(14(3)4)9-13-10(2)12-7-6-8-15-12/h6-8,10-11,13H,5,9H2,1-4H3. The van der Waals surface area contributed by atoms with Crippen LogP contribution in [0.4, 0.5) is 0 Å². The first-order valence-corrected chi connectivity index (χ1v) is 6.46. The van der Waals surface area contributed by atoms with Crippen molar-refractivity contribution in [3.8, 4) is 0 Å². The average Bonchev–Trinajstić information content (AvgIpc) is 2.70. The second kappa shape index (κ2) is 6.26. The zero-order valence-electron chi connectivity index (χ0n) is 10.2. The summed E-state index contributed by atoms with van der Waals surface area (Å²) >= 11 is 1.82. The van der Waals surface area contributed by atoms with E-state index in [2.05, 4.69) is 55.7 Å². The smallest absolute Gasteiger partial charge is 0.0386 e. The molecular weight excluding hydrogens is 204 g/mol. The summed E-state index contributed by atoms with van der Waals surface area (Å²) in [6, 6.07) is 5.41. The highest BCUT2D eigenvalue weighted by Gasteiger charge is 2.11. The summed E-state index contributed by atoms with van der Waals surface area (Å²) in [5, 5.41) is 5.72. The van der Waals surface area contributed by atoms with Gasteiger partial charge in [0, 0.05) is 23.5 Å². The van der Waals surface area contributed by atoms with Crippen LogP contribution in [0.3, 0.4) is 0 Å². The van der Waals surface area contributed by atoms with Crippen molar-refractivity contribution in [3.05, 3.63) is 22.4 Å². The van der Waals surface area contributed by atoms with Gasteiger partial charge in [0.1, 0.15) is 0 Å². The molecule has 1 rings (SSSR count). The number of likely N-dealkylation sites (N-methyl/N-ethyl adjacent to an activating group) is 1. The number of hydrogen-bond donors (Lipinski definition) is 1. The quantitative estimate of drug-likeness (QED) is 0.802. The van der Waals surface area contributed by atoms with Gasteiger partial charge < -0.3 is 10.2 Å². The maximum Gasteiger partial charge on any atom is 0.0386 e. The van der Waals surface area contributed by atoms with Gasteiger partial charge in [-0.1, -0.05) is 13.0 Å². The molecule has 0 amide bonds. The molecule has 1 heterocycles. The molecule has 0 fully saturated rings. The fraction of sp³-hybridized carbons (Fsp3) is 0.667. The molecule has 1 aromatic heterocycles. The van der Waals surface area contributed by atoms with E-state index >= 15 is 0 Å². The summed E-state index contributed by atoms with van der Waals surface area (Å²) in [5.41, 5.74) is 0. The van der Waals surface area contributed by atoms with Crippen molar-refractivity contribution in [1.29, 1.82) is 0 Å². The van der Waals surface area contributed by atoms with Crippen molar-refractivity contribution in [1.82, 2.24) is 10.2 Å². The minimum atomic E-state index is 0.471. The molecule has 2 unspecified atom stereocenters. The van der Waals surface area contributed by atoms with Gasteiger partial charge in [-0.2, -0.15) is 0 Å². The van der Waals surface area contributed by atoms with Gasteiger partial charge in [-0.05, 0) is 38.9 Å². The number of rotatable bonds is 6. The lowest BCUT2D eigenvalue weighted by molar-refractivity contribution is 0.270. The Morgan fingerprint density at radius 2 is 2.20 bits per heavy atom. The van der Waals surface area contributed by atoms with E-state index in [1.165, 1.54) is 11.3 Å². The van der Waals surface area contributed by atoms with Gasteiger partial charge >= 0.3 is 0 Å².